The van der Waals surface area contributed by atoms with Crippen LogP contribution in [0.15, 0.2) is 24.4 Å². The monoisotopic (exact) mass is 345 g/mol. The first-order valence-corrected chi connectivity index (χ1v) is 8.33. The van der Waals surface area contributed by atoms with Crippen molar-refractivity contribution >= 4 is 39.5 Å². The van der Waals surface area contributed by atoms with Gasteiger partial charge in [-0.25, -0.2) is 4.98 Å². The number of hydrogen-bond donors (Lipinski definition) is 0. The smallest absolute Gasteiger partial charge is 0.265 e. The van der Waals surface area contributed by atoms with Crippen molar-refractivity contribution in [3.63, 3.8) is 0 Å². The SMILES string of the molecule is CN(CC1OCCO1)C(=O)c1cn2c(nc3cc(C=O)ccc32)s1. The molecule has 4 rings (SSSR count). The molecule has 1 fully saturated rings. The zero-order valence-electron chi connectivity index (χ0n) is 13.0. The number of nitrogens with zero attached hydrogens (tertiary/aromatic N) is 3. The Balaban J connectivity index is 1.62. The number of amides is 1. The van der Waals surface area contributed by atoms with Gasteiger partial charge in [-0.3, -0.25) is 14.0 Å². The van der Waals surface area contributed by atoms with Crippen molar-refractivity contribution in [3.05, 3.63) is 34.8 Å². The molecule has 2 aromatic heterocycles. The van der Waals surface area contributed by atoms with Gasteiger partial charge in [0.2, 0.25) is 0 Å². The molecule has 8 heteroatoms. The Hall–Kier alpha value is -2.29. The number of carbonyl (C=O) groups excluding carboxylic acids is 2. The second-order valence-electron chi connectivity index (χ2n) is 5.58. The van der Waals surface area contributed by atoms with Gasteiger partial charge in [0.15, 0.2) is 11.3 Å². The van der Waals surface area contributed by atoms with Crippen molar-refractivity contribution in [2.75, 3.05) is 26.8 Å². The lowest BCUT2D eigenvalue weighted by Crippen LogP contribution is -2.34. The summed E-state index contributed by atoms with van der Waals surface area (Å²) in [5.41, 5.74) is 2.20. The molecular weight excluding hydrogens is 330 g/mol. The van der Waals surface area contributed by atoms with Gasteiger partial charge in [0.05, 0.1) is 30.8 Å². The van der Waals surface area contributed by atoms with E-state index in [2.05, 4.69) is 4.98 Å². The van der Waals surface area contributed by atoms with E-state index in [9.17, 15) is 9.59 Å². The number of carbonyl (C=O) groups is 2. The van der Waals surface area contributed by atoms with E-state index >= 15 is 0 Å². The van der Waals surface area contributed by atoms with Crippen molar-refractivity contribution in [1.29, 1.82) is 0 Å². The lowest BCUT2D eigenvalue weighted by Gasteiger charge is -2.19. The normalized spacial score (nSPS) is 15.4. The van der Waals surface area contributed by atoms with Crippen molar-refractivity contribution < 1.29 is 19.1 Å². The number of ether oxygens (including phenoxy) is 2. The second-order valence-corrected chi connectivity index (χ2v) is 6.59. The van der Waals surface area contributed by atoms with Crippen LogP contribution in [0.1, 0.15) is 20.0 Å². The highest BCUT2D eigenvalue weighted by molar-refractivity contribution is 7.18. The van der Waals surface area contributed by atoms with Crippen LogP contribution in [-0.4, -0.2) is 59.6 Å². The quantitative estimate of drug-likeness (QED) is 0.674. The molecule has 0 atom stereocenters. The molecule has 0 bridgehead atoms. The van der Waals surface area contributed by atoms with Crippen molar-refractivity contribution in [1.82, 2.24) is 14.3 Å². The number of aromatic nitrogens is 2. The molecule has 7 nitrogen and oxygen atoms in total. The molecule has 1 amide bonds. The zero-order valence-corrected chi connectivity index (χ0v) is 13.8. The number of imidazole rings is 1. The molecule has 0 N–H and O–H groups in total. The molecule has 0 unspecified atom stereocenters. The van der Waals surface area contributed by atoms with Gasteiger partial charge in [0, 0.05) is 18.8 Å². The lowest BCUT2D eigenvalue weighted by atomic mass is 10.2. The van der Waals surface area contributed by atoms with Crippen LogP contribution in [0, 0.1) is 0 Å². The van der Waals surface area contributed by atoms with Gasteiger partial charge < -0.3 is 14.4 Å². The minimum Gasteiger partial charge on any atom is -0.348 e. The number of aldehydes is 1. The predicted molar refractivity (Wildman–Crippen MR) is 88.6 cm³/mol. The van der Waals surface area contributed by atoms with Crippen molar-refractivity contribution in [3.8, 4) is 0 Å². The van der Waals surface area contributed by atoms with Crippen LogP contribution in [0.4, 0.5) is 0 Å². The molecule has 0 aliphatic carbocycles. The van der Waals surface area contributed by atoms with Crippen LogP contribution in [0.25, 0.3) is 16.0 Å². The second kappa shape index (κ2) is 5.97. The Morgan fingerprint density at radius 2 is 2.25 bits per heavy atom. The van der Waals surface area contributed by atoms with Crippen LogP contribution in [0.3, 0.4) is 0 Å². The number of benzene rings is 1. The van der Waals surface area contributed by atoms with E-state index in [4.69, 9.17) is 9.47 Å². The fraction of sp³-hybridized carbons (Fsp3) is 0.312. The predicted octanol–water partition coefficient (Wildman–Crippen LogP) is 1.81. The molecule has 3 heterocycles. The van der Waals surface area contributed by atoms with E-state index in [0.29, 0.717) is 30.2 Å². The molecule has 1 aliphatic rings. The molecule has 1 aromatic carbocycles. The Morgan fingerprint density at radius 3 is 3.00 bits per heavy atom. The summed E-state index contributed by atoms with van der Waals surface area (Å²) >= 11 is 1.32. The van der Waals surface area contributed by atoms with E-state index < -0.39 is 0 Å². The maximum atomic E-state index is 12.6. The Morgan fingerprint density at radius 1 is 1.46 bits per heavy atom. The summed E-state index contributed by atoms with van der Waals surface area (Å²) in [4.78, 5) is 30.8. The third-order valence-corrected chi connectivity index (χ3v) is 4.91. The minimum absolute atomic E-state index is 0.0951. The van der Waals surface area contributed by atoms with Crippen LogP contribution in [-0.2, 0) is 9.47 Å². The Bertz CT molecular complexity index is 926. The largest absolute Gasteiger partial charge is 0.348 e. The first-order valence-electron chi connectivity index (χ1n) is 7.51. The highest BCUT2D eigenvalue weighted by atomic mass is 32.1. The minimum atomic E-state index is -0.356. The van der Waals surface area contributed by atoms with E-state index in [1.807, 2.05) is 10.5 Å². The molecule has 0 saturated carbocycles. The summed E-state index contributed by atoms with van der Waals surface area (Å²) in [6.07, 6.45) is 2.22. The standard InChI is InChI=1S/C16H15N3O4S/c1-18(8-14-22-4-5-23-14)15(21)13-7-19-12-3-2-10(9-20)6-11(12)17-16(19)24-13/h2-3,6-7,9,14H,4-5,8H2,1H3. The van der Waals surface area contributed by atoms with Gasteiger partial charge >= 0.3 is 0 Å². The van der Waals surface area contributed by atoms with Gasteiger partial charge in [0.25, 0.3) is 5.91 Å². The molecule has 124 valence electrons. The summed E-state index contributed by atoms with van der Waals surface area (Å²) < 4.78 is 12.6. The van der Waals surface area contributed by atoms with Crippen molar-refractivity contribution in [2.45, 2.75) is 6.29 Å². The van der Waals surface area contributed by atoms with Crippen LogP contribution >= 0.6 is 11.3 Å². The van der Waals surface area contributed by atoms with Crippen LogP contribution in [0.2, 0.25) is 0 Å². The summed E-state index contributed by atoms with van der Waals surface area (Å²) in [7, 11) is 1.73. The molecule has 24 heavy (non-hydrogen) atoms. The molecule has 0 spiro atoms. The fourth-order valence-corrected chi connectivity index (χ4v) is 3.70. The maximum absolute atomic E-state index is 12.6. The average molecular weight is 345 g/mol. The summed E-state index contributed by atoms with van der Waals surface area (Å²) in [6.45, 7) is 1.52. The van der Waals surface area contributed by atoms with E-state index in [1.54, 1.807) is 30.3 Å². The Labute approximate surface area is 141 Å². The maximum Gasteiger partial charge on any atom is 0.265 e. The van der Waals surface area contributed by atoms with E-state index in [-0.39, 0.29) is 12.2 Å². The third-order valence-electron chi connectivity index (χ3n) is 3.94. The van der Waals surface area contributed by atoms with Gasteiger partial charge in [-0.05, 0) is 18.2 Å². The summed E-state index contributed by atoms with van der Waals surface area (Å²) in [6, 6.07) is 5.32. The Kier molecular flexibility index (Phi) is 3.79. The topological polar surface area (TPSA) is 73.1 Å². The first-order chi connectivity index (χ1) is 11.7. The highest BCUT2D eigenvalue weighted by Crippen LogP contribution is 2.25. The number of rotatable bonds is 4. The highest BCUT2D eigenvalue weighted by Gasteiger charge is 2.23. The average Bonchev–Trinajstić information content (AvgIpc) is 3.29. The fourth-order valence-electron chi connectivity index (χ4n) is 2.71. The van der Waals surface area contributed by atoms with Crippen LogP contribution in [0.5, 0.6) is 0 Å². The molecular formula is C16H15N3O4S. The third kappa shape index (κ3) is 2.58. The van der Waals surface area contributed by atoms with Crippen molar-refractivity contribution in [2.24, 2.45) is 0 Å². The van der Waals surface area contributed by atoms with Gasteiger partial charge in [-0.2, -0.15) is 0 Å². The van der Waals surface area contributed by atoms with E-state index in [1.165, 1.54) is 11.3 Å². The summed E-state index contributed by atoms with van der Waals surface area (Å²) in [5, 5.41) is 0. The number of likely N-dealkylation sites (N-methyl/N-ethyl adjacent to an activating group) is 1. The first kappa shape index (κ1) is 15.3. The van der Waals surface area contributed by atoms with E-state index in [0.717, 1.165) is 22.3 Å². The molecule has 1 saturated heterocycles. The molecule has 1 aliphatic heterocycles. The molecule has 0 radical (unpaired) electrons. The molecule has 3 aromatic rings. The van der Waals surface area contributed by atoms with Crippen LogP contribution < -0.4 is 0 Å². The zero-order chi connectivity index (χ0) is 16.7. The number of hydrogen-bond acceptors (Lipinski definition) is 6. The van der Waals surface area contributed by atoms with Gasteiger partial charge in [0.1, 0.15) is 11.2 Å². The number of fused-ring (bicyclic) bond motifs is 3. The lowest BCUT2D eigenvalue weighted by molar-refractivity contribution is -0.0542. The number of thiazole rings is 1. The summed E-state index contributed by atoms with van der Waals surface area (Å²) in [5.74, 6) is -0.0951. The van der Waals surface area contributed by atoms with Gasteiger partial charge in [-0.1, -0.05) is 11.3 Å². The van der Waals surface area contributed by atoms with Gasteiger partial charge in [-0.15, -0.1) is 0 Å².